The molecule has 0 aliphatic heterocycles. The molecular formula is C22H24N6O3. The van der Waals surface area contributed by atoms with Gasteiger partial charge >= 0.3 is 0 Å². The lowest BCUT2D eigenvalue weighted by Gasteiger charge is -2.13. The topological polar surface area (TPSA) is 105 Å². The quantitative estimate of drug-likeness (QED) is 0.425. The molecule has 0 spiro atoms. The van der Waals surface area contributed by atoms with Gasteiger partial charge in [-0.3, -0.25) is 14.9 Å². The van der Waals surface area contributed by atoms with Gasteiger partial charge in [0.15, 0.2) is 0 Å². The highest BCUT2D eigenvalue weighted by molar-refractivity contribution is 6.04. The Bertz CT molecular complexity index is 1100. The third-order valence-electron chi connectivity index (χ3n) is 5.14. The summed E-state index contributed by atoms with van der Waals surface area (Å²) >= 11 is 0. The number of aromatic nitrogens is 2. The van der Waals surface area contributed by atoms with Crippen LogP contribution in [0.25, 0.3) is 0 Å². The normalized spacial score (nSPS) is 13.0. The Labute approximate surface area is 179 Å². The van der Waals surface area contributed by atoms with Crippen molar-refractivity contribution in [1.29, 1.82) is 0 Å². The average molecular weight is 420 g/mol. The van der Waals surface area contributed by atoms with Gasteiger partial charge in [-0.05, 0) is 42.7 Å². The molecule has 2 N–H and O–H groups in total. The van der Waals surface area contributed by atoms with Crippen molar-refractivity contribution in [3.05, 3.63) is 76.0 Å². The molecule has 1 aliphatic carbocycles. The molecule has 9 nitrogen and oxygen atoms in total. The Morgan fingerprint density at radius 1 is 1.19 bits per heavy atom. The van der Waals surface area contributed by atoms with Crippen molar-refractivity contribution >= 4 is 28.8 Å². The number of nitro groups is 1. The van der Waals surface area contributed by atoms with E-state index in [4.69, 9.17) is 0 Å². The zero-order chi connectivity index (χ0) is 22.0. The maximum atomic E-state index is 12.8. The summed E-state index contributed by atoms with van der Waals surface area (Å²) < 4.78 is 1.68. The minimum Gasteiger partial charge on any atom is -0.378 e. The number of amides is 1. The molecule has 31 heavy (non-hydrogen) atoms. The van der Waals surface area contributed by atoms with E-state index in [0.29, 0.717) is 18.1 Å². The molecule has 1 saturated carbocycles. The SMILES string of the molecule is CN(C)c1ccc(Cn2nccc2NC(=O)c2ccc(NC3CC3)c([N+](=O)[O-])c2)cc1. The van der Waals surface area contributed by atoms with E-state index in [2.05, 4.69) is 15.7 Å². The van der Waals surface area contributed by atoms with Crippen LogP contribution in [0.2, 0.25) is 0 Å². The van der Waals surface area contributed by atoms with Crippen molar-refractivity contribution < 1.29 is 9.72 Å². The third kappa shape index (κ3) is 4.82. The van der Waals surface area contributed by atoms with Gasteiger partial charge in [-0.25, -0.2) is 4.68 Å². The van der Waals surface area contributed by atoms with Crippen molar-refractivity contribution in [2.24, 2.45) is 0 Å². The smallest absolute Gasteiger partial charge is 0.293 e. The Morgan fingerprint density at radius 2 is 1.94 bits per heavy atom. The van der Waals surface area contributed by atoms with Crippen LogP contribution < -0.4 is 15.5 Å². The lowest BCUT2D eigenvalue weighted by molar-refractivity contribution is -0.384. The Kier molecular flexibility index (Phi) is 5.57. The molecule has 9 heteroatoms. The van der Waals surface area contributed by atoms with Crippen molar-refractivity contribution in [3.8, 4) is 0 Å². The number of hydrogen-bond acceptors (Lipinski definition) is 6. The highest BCUT2D eigenvalue weighted by Gasteiger charge is 2.25. The predicted octanol–water partition coefficient (Wildman–Crippen LogP) is 3.73. The molecule has 0 atom stereocenters. The van der Waals surface area contributed by atoms with E-state index in [1.165, 1.54) is 6.07 Å². The molecule has 1 aromatic heterocycles. The van der Waals surface area contributed by atoms with Gasteiger partial charge in [-0.2, -0.15) is 5.10 Å². The molecule has 160 valence electrons. The van der Waals surface area contributed by atoms with Crippen molar-refractivity contribution in [3.63, 3.8) is 0 Å². The van der Waals surface area contributed by atoms with Gasteiger partial charge in [0, 0.05) is 43.5 Å². The monoisotopic (exact) mass is 420 g/mol. The average Bonchev–Trinajstić information content (AvgIpc) is 3.47. The second kappa shape index (κ2) is 8.47. The van der Waals surface area contributed by atoms with E-state index in [1.807, 2.05) is 43.3 Å². The van der Waals surface area contributed by atoms with Gasteiger partial charge in [-0.15, -0.1) is 0 Å². The Balaban J connectivity index is 1.48. The first kappa shape index (κ1) is 20.4. The lowest BCUT2D eigenvalue weighted by atomic mass is 10.1. The zero-order valence-corrected chi connectivity index (χ0v) is 17.4. The van der Waals surface area contributed by atoms with Crippen LogP contribution in [-0.4, -0.2) is 40.7 Å². The second-order valence-electron chi connectivity index (χ2n) is 7.80. The van der Waals surface area contributed by atoms with Crippen molar-refractivity contribution in [1.82, 2.24) is 9.78 Å². The van der Waals surface area contributed by atoms with Crippen LogP contribution in [0.1, 0.15) is 28.8 Å². The summed E-state index contributed by atoms with van der Waals surface area (Å²) in [7, 11) is 3.96. The number of anilines is 3. The molecule has 1 amide bonds. The maximum Gasteiger partial charge on any atom is 0.293 e. The highest BCUT2D eigenvalue weighted by Crippen LogP contribution is 2.31. The summed E-state index contributed by atoms with van der Waals surface area (Å²) in [4.78, 5) is 25.8. The van der Waals surface area contributed by atoms with Crippen LogP contribution in [0.4, 0.5) is 22.9 Å². The summed E-state index contributed by atoms with van der Waals surface area (Å²) in [5, 5.41) is 21.7. The van der Waals surface area contributed by atoms with E-state index in [1.54, 1.807) is 29.1 Å². The van der Waals surface area contributed by atoms with Gasteiger partial charge in [-0.1, -0.05) is 12.1 Å². The summed E-state index contributed by atoms with van der Waals surface area (Å²) in [6.07, 6.45) is 3.61. The number of nitrogens with one attached hydrogen (secondary N) is 2. The number of carbonyl (C=O) groups excluding carboxylic acids is 1. The van der Waals surface area contributed by atoms with E-state index in [9.17, 15) is 14.9 Å². The van der Waals surface area contributed by atoms with Gasteiger partial charge < -0.3 is 15.5 Å². The molecule has 1 fully saturated rings. The van der Waals surface area contributed by atoms with E-state index in [0.717, 1.165) is 24.1 Å². The fraction of sp³-hybridized carbons (Fsp3) is 0.273. The number of hydrogen-bond donors (Lipinski definition) is 2. The van der Waals surface area contributed by atoms with Gasteiger partial charge in [0.05, 0.1) is 17.7 Å². The van der Waals surface area contributed by atoms with Gasteiger partial charge in [0.1, 0.15) is 11.5 Å². The number of nitrogens with zero attached hydrogens (tertiary/aromatic N) is 4. The number of rotatable bonds is 8. The Morgan fingerprint density at radius 3 is 2.58 bits per heavy atom. The van der Waals surface area contributed by atoms with Crippen LogP contribution >= 0.6 is 0 Å². The minimum absolute atomic E-state index is 0.103. The first-order chi connectivity index (χ1) is 14.9. The van der Waals surface area contributed by atoms with Crippen molar-refractivity contribution in [2.45, 2.75) is 25.4 Å². The third-order valence-corrected chi connectivity index (χ3v) is 5.14. The van der Waals surface area contributed by atoms with E-state index >= 15 is 0 Å². The summed E-state index contributed by atoms with van der Waals surface area (Å²) in [6.45, 7) is 0.487. The second-order valence-corrected chi connectivity index (χ2v) is 7.80. The molecule has 1 heterocycles. The number of nitro benzene ring substituents is 1. The predicted molar refractivity (Wildman–Crippen MR) is 120 cm³/mol. The summed E-state index contributed by atoms with van der Waals surface area (Å²) in [5.41, 5.74) is 2.69. The fourth-order valence-corrected chi connectivity index (χ4v) is 3.22. The van der Waals surface area contributed by atoms with Crippen molar-refractivity contribution in [2.75, 3.05) is 29.6 Å². The molecule has 0 saturated heterocycles. The number of carbonyl (C=O) groups is 1. The van der Waals surface area contributed by atoms with E-state index < -0.39 is 10.8 Å². The molecule has 1 aliphatic rings. The summed E-state index contributed by atoms with van der Waals surface area (Å²) in [6, 6.07) is 14.5. The fourth-order valence-electron chi connectivity index (χ4n) is 3.22. The van der Waals surface area contributed by atoms with Crippen LogP contribution in [0.3, 0.4) is 0 Å². The van der Waals surface area contributed by atoms with Gasteiger partial charge in [0.25, 0.3) is 11.6 Å². The Hall–Kier alpha value is -3.88. The molecule has 3 aromatic rings. The standard InChI is InChI=1S/C22H24N6O3/c1-26(2)18-8-3-15(4-9-18)14-27-21(11-12-23-27)25-22(29)16-5-10-19(24-17-6-7-17)20(13-16)28(30)31/h3-5,8-13,17,24H,6-7,14H2,1-2H3,(H,25,29). The van der Waals surface area contributed by atoms with Gasteiger partial charge in [0.2, 0.25) is 0 Å². The maximum absolute atomic E-state index is 12.8. The van der Waals surface area contributed by atoms with E-state index in [-0.39, 0.29) is 17.3 Å². The first-order valence-corrected chi connectivity index (χ1v) is 10.0. The molecule has 0 unspecified atom stereocenters. The van der Waals surface area contributed by atoms with Crippen LogP contribution in [0.15, 0.2) is 54.7 Å². The highest BCUT2D eigenvalue weighted by atomic mass is 16.6. The number of benzene rings is 2. The molecule has 4 rings (SSSR count). The molecule has 2 aromatic carbocycles. The molecule has 0 bridgehead atoms. The lowest BCUT2D eigenvalue weighted by Crippen LogP contribution is -2.17. The molecular weight excluding hydrogens is 396 g/mol. The summed E-state index contributed by atoms with van der Waals surface area (Å²) in [5.74, 6) is 0.0929. The van der Waals surface area contributed by atoms with Crippen LogP contribution in [-0.2, 0) is 6.54 Å². The largest absolute Gasteiger partial charge is 0.378 e. The van der Waals surface area contributed by atoms with Crippen LogP contribution in [0, 0.1) is 10.1 Å². The van der Waals surface area contributed by atoms with Crippen LogP contribution in [0.5, 0.6) is 0 Å². The first-order valence-electron chi connectivity index (χ1n) is 10.0. The zero-order valence-electron chi connectivity index (χ0n) is 17.4. The molecule has 0 radical (unpaired) electrons. The minimum atomic E-state index is -0.469.